The predicted molar refractivity (Wildman–Crippen MR) is 89.7 cm³/mol. The molecule has 0 saturated carbocycles. The Morgan fingerprint density at radius 1 is 1.00 bits per heavy atom. The molecule has 0 spiro atoms. The number of aromatic nitrogens is 2. The first-order valence-corrected chi connectivity index (χ1v) is 7.51. The standard InChI is InChI=1S/C19H20N2O/c1-4-16-13-19(15-7-5-14(2)6-8-15)21(20-16)17-9-11-18(22-3)12-10-17/h5-13H,4H2,1-3H3. The zero-order valence-corrected chi connectivity index (χ0v) is 13.2. The quantitative estimate of drug-likeness (QED) is 0.712. The Morgan fingerprint density at radius 3 is 2.27 bits per heavy atom. The molecule has 0 amide bonds. The fourth-order valence-corrected chi connectivity index (χ4v) is 2.45. The van der Waals surface area contributed by atoms with Crippen LogP contribution >= 0.6 is 0 Å². The summed E-state index contributed by atoms with van der Waals surface area (Å²) in [5.41, 5.74) is 5.67. The third kappa shape index (κ3) is 2.75. The topological polar surface area (TPSA) is 27.1 Å². The Labute approximate surface area is 131 Å². The fraction of sp³-hybridized carbons (Fsp3) is 0.211. The van der Waals surface area contributed by atoms with Crippen LogP contribution in [0.5, 0.6) is 5.75 Å². The van der Waals surface area contributed by atoms with E-state index in [0.717, 1.165) is 29.2 Å². The predicted octanol–water partition coefficient (Wildman–Crippen LogP) is 4.42. The summed E-state index contributed by atoms with van der Waals surface area (Å²) in [6.07, 6.45) is 0.919. The molecule has 0 fully saturated rings. The van der Waals surface area contributed by atoms with E-state index < -0.39 is 0 Å². The van der Waals surface area contributed by atoms with Gasteiger partial charge in [0.2, 0.25) is 0 Å². The summed E-state index contributed by atoms with van der Waals surface area (Å²) in [4.78, 5) is 0. The minimum Gasteiger partial charge on any atom is -0.497 e. The first kappa shape index (κ1) is 14.4. The molecule has 112 valence electrons. The van der Waals surface area contributed by atoms with E-state index in [1.165, 1.54) is 11.1 Å². The maximum atomic E-state index is 5.23. The van der Waals surface area contributed by atoms with Crippen molar-refractivity contribution in [3.63, 3.8) is 0 Å². The van der Waals surface area contributed by atoms with Crippen LogP contribution in [0.3, 0.4) is 0 Å². The number of benzene rings is 2. The van der Waals surface area contributed by atoms with Crippen LogP contribution in [-0.2, 0) is 6.42 Å². The van der Waals surface area contributed by atoms with E-state index in [0.29, 0.717) is 0 Å². The number of methoxy groups -OCH3 is 1. The van der Waals surface area contributed by atoms with Crippen molar-refractivity contribution in [1.82, 2.24) is 9.78 Å². The second-order valence-electron chi connectivity index (χ2n) is 5.35. The van der Waals surface area contributed by atoms with Gasteiger partial charge < -0.3 is 4.74 Å². The van der Waals surface area contributed by atoms with Crippen molar-refractivity contribution in [2.45, 2.75) is 20.3 Å². The number of ether oxygens (including phenoxy) is 1. The summed E-state index contributed by atoms with van der Waals surface area (Å²) in [5.74, 6) is 0.850. The molecule has 1 aromatic heterocycles. The van der Waals surface area contributed by atoms with Crippen molar-refractivity contribution in [2.75, 3.05) is 7.11 Å². The SMILES string of the molecule is CCc1cc(-c2ccc(C)cc2)n(-c2ccc(OC)cc2)n1. The molecule has 0 saturated heterocycles. The highest BCUT2D eigenvalue weighted by Crippen LogP contribution is 2.25. The summed E-state index contributed by atoms with van der Waals surface area (Å²) in [6.45, 7) is 4.22. The largest absolute Gasteiger partial charge is 0.497 e. The van der Waals surface area contributed by atoms with Crippen LogP contribution in [0.15, 0.2) is 54.6 Å². The van der Waals surface area contributed by atoms with E-state index in [9.17, 15) is 0 Å². The van der Waals surface area contributed by atoms with Gasteiger partial charge in [-0.25, -0.2) is 4.68 Å². The van der Waals surface area contributed by atoms with Crippen molar-refractivity contribution in [3.8, 4) is 22.7 Å². The summed E-state index contributed by atoms with van der Waals surface area (Å²) < 4.78 is 7.23. The van der Waals surface area contributed by atoms with Crippen molar-refractivity contribution in [2.24, 2.45) is 0 Å². The first-order chi connectivity index (χ1) is 10.7. The van der Waals surface area contributed by atoms with Crippen molar-refractivity contribution < 1.29 is 4.74 Å². The molecule has 0 aliphatic carbocycles. The van der Waals surface area contributed by atoms with Crippen molar-refractivity contribution >= 4 is 0 Å². The molecule has 0 aliphatic rings. The lowest BCUT2D eigenvalue weighted by molar-refractivity contribution is 0.414. The molecule has 1 heterocycles. The minimum absolute atomic E-state index is 0.850. The monoisotopic (exact) mass is 292 g/mol. The molecule has 3 nitrogen and oxygen atoms in total. The Bertz CT molecular complexity index is 755. The zero-order chi connectivity index (χ0) is 15.5. The highest BCUT2D eigenvalue weighted by Gasteiger charge is 2.11. The Hall–Kier alpha value is -2.55. The molecule has 3 heteroatoms. The van der Waals surface area contributed by atoms with Crippen LogP contribution in [0, 0.1) is 6.92 Å². The molecule has 3 aromatic rings. The lowest BCUT2D eigenvalue weighted by Crippen LogP contribution is -1.99. The van der Waals surface area contributed by atoms with E-state index in [4.69, 9.17) is 9.84 Å². The van der Waals surface area contributed by atoms with Crippen molar-refractivity contribution in [1.29, 1.82) is 0 Å². The van der Waals surface area contributed by atoms with Gasteiger partial charge in [-0.1, -0.05) is 36.8 Å². The summed E-state index contributed by atoms with van der Waals surface area (Å²) in [6, 6.07) is 18.7. The van der Waals surface area contributed by atoms with Crippen LogP contribution < -0.4 is 4.74 Å². The Balaban J connectivity index is 2.09. The number of rotatable bonds is 4. The van der Waals surface area contributed by atoms with Gasteiger partial charge in [-0.05, 0) is 43.7 Å². The minimum atomic E-state index is 0.850. The molecule has 2 aromatic carbocycles. The number of hydrogen-bond donors (Lipinski definition) is 0. The zero-order valence-electron chi connectivity index (χ0n) is 13.2. The Morgan fingerprint density at radius 2 is 1.68 bits per heavy atom. The fourth-order valence-electron chi connectivity index (χ4n) is 2.45. The highest BCUT2D eigenvalue weighted by molar-refractivity contribution is 5.63. The molecule has 0 unspecified atom stereocenters. The van der Waals surface area contributed by atoms with Crippen LogP contribution in [0.2, 0.25) is 0 Å². The molecule has 0 atom stereocenters. The van der Waals surface area contributed by atoms with Gasteiger partial charge in [-0.2, -0.15) is 5.10 Å². The van der Waals surface area contributed by atoms with Crippen LogP contribution in [0.4, 0.5) is 0 Å². The van der Waals surface area contributed by atoms with Crippen LogP contribution in [0.1, 0.15) is 18.2 Å². The van der Waals surface area contributed by atoms with Gasteiger partial charge in [0.05, 0.1) is 24.2 Å². The number of aryl methyl sites for hydroxylation is 2. The second-order valence-corrected chi connectivity index (χ2v) is 5.35. The van der Waals surface area contributed by atoms with Gasteiger partial charge in [0, 0.05) is 5.56 Å². The van der Waals surface area contributed by atoms with Crippen LogP contribution in [-0.4, -0.2) is 16.9 Å². The molecular weight excluding hydrogens is 272 g/mol. The normalized spacial score (nSPS) is 10.7. The van der Waals surface area contributed by atoms with Gasteiger partial charge in [0.15, 0.2) is 0 Å². The van der Waals surface area contributed by atoms with E-state index in [1.807, 2.05) is 28.9 Å². The smallest absolute Gasteiger partial charge is 0.119 e. The van der Waals surface area contributed by atoms with Crippen LogP contribution in [0.25, 0.3) is 16.9 Å². The molecule has 0 N–H and O–H groups in total. The lowest BCUT2D eigenvalue weighted by Gasteiger charge is -2.09. The van der Waals surface area contributed by atoms with Gasteiger partial charge in [0.25, 0.3) is 0 Å². The van der Waals surface area contributed by atoms with Gasteiger partial charge in [-0.15, -0.1) is 0 Å². The lowest BCUT2D eigenvalue weighted by atomic mass is 10.1. The first-order valence-electron chi connectivity index (χ1n) is 7.51. The third-order valence-electron chi connectivity index (χ3n) is 3.79. The molecule has 22 heavy (non-hydrogen) atoms. The van der Waals surface area contributed by atoms with E-state index in [1.54, 1.807) is 7.11 Å². The third-order valence-corrected chi connectivity index (χ3v) is 3.79. The molecule has 3 rings (SSSR count). The molecule has 0 aliphatic heterocycles. The highest BCUT2D eigenvalue weighted by atomic mass is 16.5. The van der Waals surface area contributed by atoms with E-state index >= 15 is 0 Å². The molecular formula is C19H20N2O. The number of hydrogen-bond acceptors (Lipinski definition) is 2. The van der Waals surface area contributed by atoms with E-state index in [-0.39, 0.29) is 0 Å². The average molecular weight is 292 g/mol. The van der Waals surface area contributed by atoms with E-state index in [2.05, 4.69) is 44.2 Å². The molecule has 0 radical (unpaired) electrons. The van der Waals surface area contributed by atoms with Gasteiger partial charge in [0.1, 0.15) is 5.75 Å². The maximum Gasteiger partial charge on any atom is 0.119 e. The summed E-state index contributed by atoms with van der Waals surface area (Å²) in [7, 11) is 1.68. The molecule has 0 bridgehead atoms. The van der Waals surface area contributed by atoms with Crippen molar-refractivity contribution in [3.05, 3.63) is 65.9 Å². The average Bonchev–Trinajstić information content (AvgIpc) is 3.00. The Kier molecular flexibility index (Phi) is 3.96. The maximum absolute atomic E-state index is 5.23. The van der Waals surface area contributed by atoms with Gasteiger partial charge in [-0.3, -0.25) is 0 Å². The van der Waals surface area contributed by atoms with Gasteiger partial charge >= 0.3 is 0 Å². The second kappa shape index (κ2) is 6.06. The number of nitrogens with zero attached hydrogens (tertiary/aromatic N) is 2. The summed E-state index contributed by atoms with van der Waals surface area (Å²) >= 11 is 0. The summed E-state index contributed by atoms with van der Waals surface area (Å²) in [5, 5.41) is 4.73.